The number of nitrogens with one attached hydrogen (secondary N) is 1. The third-order valence-corrected chi connectivity index (χ3v) is 3.22. The Balaban J connectivity index is 2.27. The van der Waals surface area contributed by atoms with Gasteiger partial charge in [0.25, 0.3) is 0 Å². The summed E-state index contributed by atoms with van der Waals surface area (Å²) in [5.74, 6) is 0. The number of likely N-dealkylation sites (N-methyl/N-ethyl adjacent to an activating group) is 1. The zero-order valence-electron chi connectivity index (χ0n) is 10.5. The fourth-order valence-corrected chi connectivity index (χ4v) is 2.32. The van der Waals surface area contributed by atoms with Gasteiger partial charge in [0.15, 0.2) is 0 Å². The minimum atomic E-state index is 0.322. The fourth-order valence-electron chi connectivity index (χ4n) is 1.62. The lowest BCUT2D eigenvalue weighted by molar-refractivity contribution is 0.0599. The number of thiophene rings is 1. The fraction of sp³-hybridized carbons (Fsp3) is 0.692. The predicted molar refractivity (Wildman–Crippen MR) is 71.2 cm³/mol. The molecule has 0 saturated carbocycles. The number of hydrogen-bond acceptors (Lipinski definition) is 3. The van der Waals surface area contributed by atoms with Gasteiger partial charge < -0.3 is 10.1 Å². The Labute approximate surface area is 103 Å². The van der Waals surface area contributed by atoms with E-state index in [1.54, 1.807) is 11.3 Å². The first-order valence-electron chi connectivity index (χ1n) is 6.08. The molecule has 3 heteroatoms. The van der Waals surface area contributed by atoms with Crippen molar-refractivity contribution in [3.8, 4) is 0 Å². The van der Waals surface area contributed by atoms with E-state index in [1.165, 1.54) is 5.56 Å². The maximum Gasteiger partial charge on any atom is 0.0623 e. The van der Waals surface area contributed by atoms with E-state index in [1.807, 2.05) is 0 Å². The van der Waals surface area contributed by atoms with Gasteiger partial charge in [0, 0.05) is 6.04 Å². The average molecular weight is 241 g/mol. The summed E-state index contributed by atoms with van der Waals surface area (Å²) in [5.41, 5.74) is 1.44. The Bertz CT molecular complexity index is 259. The van der Waals surface area contributed by atoms with Gasteiger partial charge in [-0.2, -0.15) is 11.3 Å². The smallest absolute Gasteiger partial charge is 0.0623 e. The van der Waals surface area contributed by atoms with E-state index in [2.05, 4.69) is 42.9 Å². The molecule has 0 fully saturated rings. The summed E-state index contributed by atoms with van der Waals surface area (Å²) >= 11 is 1.77. The molecule has 1 atom stereocenters. The lowest BCUT2D eigenvalue weighted by atomic mass is 10.1. The highest BCUT2D eigenvalue weighted by Crippen LogP contribution is 2.10. The molecular weight excluding hydrogens is 218 g/mol. The van der Waals surface area contributed by atoms with Gasteiger partial charge in [0.05, 0.1) is 12.7 Å². The second-order valence-corrected chi connectivity index (χ2v) is 5.09. The predicted octanol–water partition coefficient (Wildman–Crippen LogP) is 3.08. The van der Waals surface area contributed by atoms with Crippen molar-refractivity contribution in [3.63, 3.8) is 0 Å². The van der Waals surface area contributed by atoms with E-state index < -0.39 is 0 Å². The molecule has 1 heterocycles. The summed E-state index contributed by atoms with van der Waals surface area (Å²) in [6.07, 6.45) is 2.61. The van der Waals surface area contributed by atoms with Crippen LogP contribution in [-0.4, -0.2) is 25.3 Å². The summed E-state index contributed by atoms with van der Waals surface area (Å²) in [5, 5.41) is 7.85. The quantitative estimate of drug-likeness (QED) is 0.755. The summed E-state index contributed by atoms with van der Waals surface area (Å²) < 4.78 is 5.67. The molecule has 1 N–H and O–H groups in total. The van der Waals surface area contributed by atoms with Gasteiger partial charge in [0.1, 0.15) is 0 Å². The maximum absolute atomic E-state index is 5.67. The van der Waals surface area contributed by atoms with Crippen LogP contribution in [0.4, 0.5) is 0 Å². The SMILES string of the molecule is CCNC(CCc1ccsc1)COC(C)C. The average Bonchev–Trinajstić information content (AvgIpc) is 2.75. The Kier molecular flexibility index (Phi) is 6.69. The topological polar surface area (TPSA) is 21.3 Å². The third-order valence-electron chi connectivity index (χ3n) is 2.49. The largest absolute Gasteiger partial charge is 0.377 e. The zero-order valence-corrected chi connectivity index (χ0v) is 11.3. The van der Waals surface area contributed by atoms with Crippen LogP contribution in [0.1, 0.15) is 32.8 Å². The molecular formula is C13H23NOS. The van der Waals surface area contributed by atoms with Crippen LogP contribution in [0.3, 0.4) is 0 Å². The van der Waals surface area contributed by atoms with Crippen molar-refractivity contribution in [1.29, 1.82) is 0 Å². The minimum absolute atomic E-state index is 0.322. The molecule has 1 unspecified atom stereocenters. The van der Waals surface area contributed by atoms with E-state index in [4.69, 9.17) is 4.74 Å². The van der Waals surface area contributed by atoms with Crippen LogP contribution in [0, 0.1) is 0 Å². The number of aryl methyl sites for hydroxylation is 1. The van der Waals surface area contributed by atoms with Crippen molar-refractivity contribution in [2.45, 2.75) is 45.8 Å². The van der Waals surface area contributed by atoms with Gasteiger partial charge in [-0.05, 0) is 55.6 Å². The van der Waals surface area contributed by atoms with Gasteiger partial charge in [-0.15, -0.1) is 0 Å². The van der Waals surface area contributed by atoms with Crippen molar-refractivity contribution >= 4 is 11.3 Å². The van der Waals surface area contributed by atoms with E-state index >= 15 is 0 Å². The van der Waals surface area contributed by atoms with Crippen LogP contribution in [0.2, 0.25) is 0 Å². The van der Waals surface area contributed by atoms with Gasteiger partial charge >= 0.3 is 0 Å². The Morgan fingerprint density at radius 2 is 2.25 bits per heavy atom. The third kappa shape index (κ3) is 5.64. The molecule has 1 aromatic heterocycles. The standard InChI is InChI=1S/C13H23NOS/c1-4-14-13(9-15-11(2)3)6-5-12-7-8-16-10-12/h7-8,10-11,13-14H,4-6,9H2,1-3H3. The first-order valence-corrected chi connectivity index (χ1v) is 7.02. The van der Waals surface area contributed by atoms with Crippen molar-refractivity contribution in [1.82, 2.24) is 5.32 Å². The normalized spacial score (nSPS) is 13.2. The highest BCUT2D eigenvalue weighted by molar-refractivity contribution is 7.07. The molecule has 0 bridgehead atoms. The molecule has 0 amide bonds. The van der Waals surface area contributed by atoms with Crippen molar-refractivity contribution < 1.29 is 4.74 Å². The molecule has 16 heavy (non-hydrogen) atoms. The molecule has 92 valence electrons. The molecule has 0 spiro atoms. The number of rotatable bonds is 8. The van der Waals surface area contributed by atoms with Crippen molar-refractivity contribution in [2.75, 3.05) is 13.2 Å². The van der Waals surface area contributed by atoms with Crippen LogP contribution in [0.5, 0.6) is 0 Å². The van der Waals surface area contributed by atoms with Crippen LogP contribution in [0.25, 0.3) is 0 Å². The van der Waals surface area contributed by atoms with E-state index in [9.17, 15) is 0 Å². The summed E-state index contributed by atoms with van der Waals surface area (Å²) in [4.78, 5) is 0. The van der Waals surface area contributed by atoms with Gasteiger partial charge in [0.2, 0.25) is 0 Å². The Morgan fingerprint density at radius 3 is 2.81 bits per heavy atom. The zero-order chi connectivity index (χ0) is 11.8. The lowest BCUT2D eigenvalue weighted by Gasteiger charge is -2.19. The molecule has 0 aromatic carbocycles. The minimum Gasteiger partial charge on any atom is -0.377 e. The van der Waals surface area contributed by atoms with Crippen LogP contribution in [-0.2, 0) is 11.2 Å². The number of hydrogen-bond donors (Lipinski definition) is 1. The maximum atomic E-state index is 5.67. The van der Waals surface area contributed by atoms with Crippen LogP contribution >= 0.6 is 11.3 Å². The lowest BCUT2D eigenvalue weighted by Crippen LogP contribution is -2.34. The molecule has 1 rings (SSSR count). The molecule has 0 aliphatic heterocycles. The second kappa shape index (κ2) is 7.82. The highest BCUT2D eigenvalue weighted by atomic mass is 32.1. The highest BCUT2D eigenvalue weighted by Gasteiger charge is 2.08. The van der Waals surface area contributed by atoms with Gasteiger partial charge in [-0.3, -0.25) is 0 Å². The summed E-state index contributed by atoms with van der Waals surface area (Å²) in [6, 6.07) is 2.68. The van der Waals surface area contributed by atoms with Gasteiger partial charge in [-0.1, -0.05) is 6.92 Å². The first-order chi connectivity index (χ1) is 7.72. The van der Waals surface area contributed by atoms with Crippen molar-refractivity contribution in [2.24, 2.45) is 0 Å². The van der Waals surface area contributed by atoms with Gasteiger partial charge in [-0.25, -0.2) is 0 Å². The summed E-state index contributed by atoms with van der Waals surface area (Å²) in [7, 11) is 0. The molecule has 2 nitrogen and oxygen atoms in total. The molecule has 1 aromatic rings. The molecule has 0 saturated heterocycles. The second-order valence-electron chi connectivity index (χ2n) is 4.31. The van der Waals surface area contributed by atoms with E-state index in [-0.39, 0.29) is 0 Å². The first kappa shape index (κ1) is 13.7. The molecule has 0 aliphatic rings. The Hall–Kier alpha value is -0.380. The van der Waals surface area contributed by atoms with Crippen LogP contribution in [0.15, 0.2) is 16.8 Å². The molecule has 0 aliphatic carbocycles. The summed E-state index contributed by atoms with van der Waals surface area (Å²) in [6.45, 7) is 8.14. The monoisotopic (exact) mass is 241 g/mol. The van der Waals surface area contributed by atoms with E-state index in [0.29, 0.717) is 12.1 Å². The van der Waals surface area contributed by atoms with Crippen molar-refractivity contribution in [3.05, 3.63) is 22.4 Å². The number of ether oxygens (including phenoxy) is 1. The van der Waals surface area contributed by atoms with Crippen LogP contribution < -0.4 is 5.32 Å². The Morgan fingerprint density at radius 1 is 1.44 bits per heavy atom. The van der Waals surface area contributed by atoms with E-state index in [0.717, 1.165) is 26.0 Å². The molecule has 0 radical (unpaired) electrons.